The van der Waals surface area contributed by atoms with Crippen molar-refractivity contribution in [1.82, 2.24) is 0 Å². The Kier molecular flexibility index (Phi) is 7.57. The molecule has 0 aliphatic heterocycles. The smallest absolute Gasteiger partial charge is 0.303 e. The summed E-state index contributed by atoms with van der Waals surface area (Å²) in [5.74, 6) is 2.05. The first-order valence-corrected chi connectivity index (χ1v) is 9.27. The van der Waals surface area contributed by atoms with E-state index >= 15 is 0 Å². The lowest BCUT2D eigenvalue weighted by Crippen LogP contribution is -2.36. The summed E-state index contributed by atoms with van der Waals surface area (Å²) in [5, 5.41) is 8.66. The van der Waals surface area contributed by atoms with Crippen molar-refractivity contribution in [2.24, 2.45) is 23.7 Å². The maximum Gasteiger partial charge on any atom is 0.303 e. The number of carboxylic acids is 1. The Morgan fingerprint density at radius 1 is 1.17 bits per heavy atom. The van der Waals surface area contributed by atoms with Crippen LogP contribution in [0.25, 0.3) is 0 Å². The largest absolute Gasteiger partial charge is 0.481 e. The van der Waals surface area contributed by atoms with Crippen LogP contribution in [0, 0.1) is 23.7 Å². The van der Waals surface area contributed by atoms with Crippen LogP contribution in [0.5, 0.6) is 0 Å². The van der Waals surface area contributed by atoms with Gasteiger partial charge in [0.05, 0.1) is 0 Å². The molecule has 0 aromatic carbocycles. The van der Waals surface area contributed by atoms with E-state index in [4.69, 9.17) is 14.6 Å². The van der Waals surface area contributed by atoms with Gasteiger partial charge in [-0.3, -0.25) is 4.79 Å². The van der Waals surface area contributed by atoms with Crippen LogP contribution in [-0.2, 0) is 14.3 Å². The number of allylic oxidation sites excluding steroid dienone is 2. The molecule has 132 valence electrons. The molecule has 0 spiro atoms. The molecule has 1 N–H and O–H groups in total. The van der Waals surface area contributed by atoms with Gasteiger partial charge in [0.25, 0.3) is 0 Å². The van der Waals surface area contributed by atoms with E-state index in [1.165, 1.54) is 19.3 Å². The number of aliphatic carboxylic acids is 1. The molecule has 2 aliphatic carbocycles. The van der Waals surface area contributed by atoms with E-state index in [0.29, 0.717) is 25.0 Å². The van der Waals surface area contributed by atoms with Crippen LogP contribution in [0.3, 0.4) is 0 Å². The Balaban J connectivity index is 1.87. The van der Waals surface area contributed by atoms with E-state index in [0.717, 1.165) is 31.1 Å². The van der Waals surface area contributed by atoms with Gasteiger partial charge in [0.1, 0.15) is 0 Å². The number of hydrogen-bond donors (Lipinski definition) is 1. The molecule has 2 aliphatic rings. The molecule has 4 atom stereocenters. The fraction of sp³-hybridized carbons (Fsp3) is 0.842. The number of rotatable bonds is 11. The van der Waals surface area contributed by atoms with Gasteiger partial charge >= 0.3 is 5.97 Å². The van der Waals surface area contributed by atoms with Crippen molar-refractivity contribution in [3.05, 3.63) is 12.2 Å². The molecule has 2 bridgehead atoms. The van der Waals surface area contributed by atoms with Gasteiger partial charge in [-0.2, -0.15) is 0 Å². The third-order valence-electron chi connectivity index (χ3n) is 5.47. The molecule has 23 heavy (non-hydrogen) atoms. The summed E-state index contributed by atoms with van der Waals surface area (Å²) in [7, 11) is 0. The number of ether oxygens (including phenoxy) is 2. The van der Waals surface area contributed by atoms with E-state index in [1.807, 2.05) is 13.8 Å². The average molecular weight is 324 g/mol. The molecule has 0 amide bonds. The Labute approximate surface area is 140 Å². The lowest BCUT2D eigenvalue weighted by molar-refractivity contribution is -0.186. The van der Waals surface area contributed by atoms with Gasteiger partial charge in [-0.15, -0.1) is 0 Å². The molecule has 0 radical (unpaired) electrons. The molecule has 0 aromatic rings. The van der Waals surface area contributed by atoms with Crippen molar-refractivity contribution in [1.29, 1.82) is 0 Å². The van der Waals surface area contributed by atoms with Crippen molar-refractivity contribution in [3.63, 3.8) is 0 Å². The van der Waals surface area contributed by atoms with Gasteiger partial charge in [-0.1, -0.05) is 12.2 Å². The van der Waals surface area contributed by atoms with E-state index in [9.17, 15) is 4.79 Å². The standard InChI is InChI=1S/C19H32O4/c1-3-22-19(23-4-2)18-15-12-11-14(13-15)16(18)9-7-5-6-8-10-17(20)21/h5,7,14-16,18-19H,3-4,6,8-13H2,1-2H3,(H,20,21)/b7-5-. The fourth-order valence-corrected chi connectivity index (χ4v) is 4.57. The first kappa shape index (κ1) is 18.5. The van der Waals surface area contributed by atoms with Crippen LogP contribution in [-0.4, -0.2) is 30.6 Å². The molecule has 0 heterocycles. The van der Waals surface area contributed by atoms with Gasteiger partial charge in [-0.25, -0.2) is 0 Å². The van der Waals surface area contributed by atoms with Gasteiger partial charge in [0.15, 0.2) is 6.29 Å². The van der Waals surface area contributed by atoms with Crippen LogP contribution >= 0.6 is 0 Å². The van der Waals surface area contributed by atoms with Crippen LogP contribution in [0.2, 0.25) is 0 Å². The lowest BCUT2D eigenvalue weighted by atomic mass is 9.77. The highest BCUT2D eigenvalue weighted by Crippen LogP contribution is 2.55. The number of unbranched alkanes of at least 4 members (excludes halogenated alkanes) is 1. The van der Waals surface area contributed by atoms with Gasteiger partial charge in [-0.05, 0) is 70.1 Å². The van der Waals surface area contributed by atoms with Gasteiger partial charge in [0, 0.05) is 25.6 Å². The van der Waals surface area contributed by atoms with Crippen LogP contribution in [0.15, 0.2) is 12.2 Å². The summed E-state index contributed by atoms with van der Waals surface area (Å²) in [4.78, 5) is 10.5. The summed E-state index contributed by atoms with van der Waals surface area (Å²) < 4.78 is 11.8. The van der Waals surface area contributed by atoms with Crippen molar-refractivity contribution in [2.75, 3.05) is 13.2 Å². The second-order valence-corrected chi connectivity index (χ2v) is 6.85. The monoisotopic (exact) mass is 324 g/mol. The Morgan fingerprint density at radius 2 is 1.87 bits per heavy atom. The molecular formula is C19H32O4. The third-order valence-corrected chi connectivity index (χ3v) is 5.47. The van der Waals surface area contributed by atoms with E-state index in [2.05, 4.69) is 12.2 Å². The highest BCUT2D eigenvalue weighted by Gasteiger charge is 2.50. The fourth-order valence-electron chi connectivity index (χ4n) is 4.57. The first-order chi connectivity index (χ1) is 11.2. The quantitative estimate of drug-likeness (QED) is 0.351. The average Bonchev–Trinajstić information content (AvgIpc) is 3.11. The predicted molar refractivity (Wildman–Crippen MR) is 90.1 cm³/mol. The number of carbonyl (C=O) groups is 1. The molecule has 2 fully saturated rings. The molecule has 4 unspecified atom stereocenters. The van der Waals surface area contributed by atoms with Crippen LogP contribution < -0.4 is 0 Å². The first-order valence-electron chi connectivity index (χ1n) is 9.27. The SMILES string of the molecule is CCOC(OCC)C1C2CCC(C2)C1C/C=C\CCCC(=O)O. The zero-order valence-corrected chi connectivity index (χ0v) is 14.6. The third kappa shape index (κ3) is 5.05. The molecule has 2 rings (SSSR count). The van der Waals surface area contributed by atoms with Crippen molar-refractivity contribution in [3.8, 4) is 0 Å². The molecule has 0 aromatic heterocycles. The summed E-state index contributed by atoms with van der Waals surface area (Å²) >= 11 is 0. The van der Waals surface area contributed by atoms with Crippen LogP contribution in [0.1, 0.15) is 58.8 Å². The normalized spacial score (nSPS) is 29.9. The molecule has 4 heteroatoms. The number of fused-ring (bicyclic) bond motifs is 2. The van der Waals surface area contributed by atoms with Gasteiger partial charge < -0.3 is 14.6 Å². The lowest BCUT2D eigenvalue weighted by Gasteiger charge is -2.35. The molecule has 0 saturated heterocycles. The number of hydrogen-bond acceptors (Lipinski definition) is 3. The minimum Gasteiger partial charge on any atom is -0.481 e. The zero-order chi connectivity index (χ0) is 16.7. The van der Waals surface area contributed by atoms with Crippen LogP contribution in [0.4, 0.5) is 0 Å². The van der Waals surface area contributed by atoms with E-state index in [-0.39, 0.29) is 12.7 Å². The molecule has 2 saturated carbocycles. The van der Waals surface area contributed by atoms with Gasteiger partial charge in [0.2, 0.25) is 0 Å². The summed E-state index contributed by atoms with van der Waals surface area (Å²) in [6, 6.07) is 0. The maximum atomic E-state index is 10.5. The topological polar surface area (TPSA) is 55.8 Å². The second-order valence-electron chi connectivity index (χ2n) is 6.85. The number of carboxylic acid groups (broad SMARTS) is 1. The van der Waals surface area contributed by atoms with E-state index < -0.39 is 5.97 Å². The zero-order valence-electron chi connectivity index (χ0n) is 14.6. The highest BCUT2D eigenvalue weighted by atomic mass is 16.7. The molecular weight excluding hydrogens is 292 g/mol. The van der Waals surface area contributed by atoms with Crippen molar-refractivity contribution < 1.29 is 19.4 Å². The Hall–Kier alpha value is -0.870. The van der Waals surface area contributed by atoms with E-state index in [1.54, 1.807) is 0 Å². The Bertz CT molecular complexity index is 387. The molecule has 4 nitrogen and oxygen atoms in total. The predicted octanol–water partition coefficient (Wildman–Crippen LogP) is 4.25. The van der Waals surface area contributed by atoms with Crippen molar-refractivity contribution in [2.45, 2.75) is 65.1 Å². The minimum absolute atomic E-state index is 0.0503. The summed E-state index contributed by atoms with van der Waals surface area (Å²) in [6.07, 6.45) is 11.3. The van der Waals surface area contributed by atoms with Crippen molar-refractivity contribution >= 4 is 5.97 Å². The summed E-state index contributed by atoms with van der Waals surface area (Å²) in [5.41, 5.74) is 0. The minimum atomic E-state index is -0.706. The maximum absolute atomic E-state index is 10.5. The second kappa shape index (κ2) is 9.43. The summed E-state index contributed by atoms with van der Waals surface area (Å²) in [6.45, 7) is 5.49. The Morgan fingerprint density at radius 3 is 2.52 bits per heavy atom. The highest BCUT2D eigenvalue weighted by molar-refractivity contribution is 5.66.